The zero-order valence-electron chi connectivity index (χ0n) is 12.0. The topological polar surface area (TPSA) is 23.6 Å². The lowest BCUT2D eigenvalue weighted by molar-refractivity contribution is -0.125. The Morgan fingerprint density at radius 1 is 1.26 bits per heavy atom. The monoisotopic (exact) mass is 280 g/mol. The number of carbonyl (C=O) groups excluding carboxylic acids is 1. The van der Waals surface area contributed by atoms with E-state index in [-0.39, 0.29) is 5.91 Å². The lowest BCUT2D eigenvalue weighted by Gasteiger charge is -2.16. The fourth-order valence-electron chi connectivity index (χ4n) is 1.73. The lowest BCUT2D eigenvalue weighted by atomic mass is 10.2. The Labute approximate surface area is 120 Å². The van der Waals surface area contributed by atoms with E-state index in [0.29, 0.717) is 18.1 Å². The van der Waals surface area contributed by atoms with Crippen LogP contribution in [-0.2, 0) is 4.79 Å². The average molecular weight is 281 g/mol. The summed E-state index contributed by atoms with van der Waals surface area (Å²) < 4.78 is 0. The number of anilines is 1. The predicted molar refractivity (Wildman–Crippen MR) is 82.7 cm³/mol. The summed E-state index contributed by atoms with van der Waals surface area (Å²) in [4.78, 5) is 15.6. The molecule has 0 radical (unpaired) electrons. The molecule has 0 fully saturated rings. The highest BCUT2D eigenvalue weighted by molar-refractivity contribution is 6.32. The van der Waals surface area contributed by atoms with Crippen LogP contribution in [0.1, 0.15) is 19.4 Å². The molecule has 3 nitrogen and oxygen atoms in total. The van der Waals surface area contributed by atoms with Gasteiger partial charge >= 0.3 is 0 Å². The first-order chi connectivity index (χ1) is 8.99. The smallest absolute Gasteiger partial charge is 0.246 e. The quantitative estimate of drug-likeness (QED) is 0.773. The van der Waals surface area contributed by atoms with E-state index in [0.717, 1.165) is 11.3 Å². The standard InChI is InChI=1S/C15H21ClN2O/c1-5-18(6-2)15(19)10-8-12-7-9-13(17(3)4)11-14(12)16/h7-11H,5-6H2,1-4H3/b10-8+. The van der Waals surface area contributed by atoms with Gasteiger partial charge in [-0.1, -0.05) is 17.7 Å². The Bertz CT molecular complexity index is 465. The van der Waals surface area contributed by atoms with Gasteiger partial charge in [0.25, 0.3) is 0 Å². The summed E-state index contributed by atoms with van der Waals surface area (Å²) in [5, 5.41) is 0.648. The van der Waals surface area contributed by atoms with Crippen molar-refractivity contribution >= 4 is 29.3 Å². The molecule has 1 aromatic carbocycles. The molecule has 1 rings (SSSR count). The SMILES string of the molecule is CCN(CC)C(=O)/C=C/c1ccc(N(C)C)cc1Cl. The van der Waals surface area contributed by atoms with Gasteiger partial charge in [-0.05, 0) is 37.6 Å². The van der Waals surface area contributed by atoms with Gasteiger partial charge in [-0.2, -0.15) is 0 Å². The van der Waals surface area contributed by atoms with Crippen molar-refractivity contribution in [1.82, 2.24) is 4.90 Å². The Kier molecular flexibility index (Phi) is 5.90. The fourth-order valence-corrected chi connectivity index (χ4v) is 1.97. The van der Waals surface area contributed by atoms with Crippen LogP contribution >= 0.6 is 11.6 Å². The van der Waals surface area contributed by atoms with Gasteiger partial charge in [-0.15, -0.1) is 0 Å². The second-order valence-electron chi connectivity index (χ2n) is 4.44. The third kappa shape index (κ3) is 4.28. The van der Waals surface area contributed by atoms with E-state index in [1.54, 1.807) is 17.1 Å². The number of amides is 1. The Hall–Kier alpha value is -1.48. The fraction of sp³-hybridized carbons (Fsp3) is 0.400. The van der Waals surface area contributed by atoms with Crippen LogP contribution in [-0.4, -0.2) is 38.0 Å². The van der Waals surface area contributed by atoms with Crippen LogP contribution in [0.2, 0.25) is 5.02 Å². The number of nitrogens with zero attached hydrogens (tertiary/aromatic N) is 2. The Morgan fingerprint density at radius 3 is 2.37 bits per heavy atom. The van der Waals surface area contributed by atoms with E-state index in [1.165, 1.54) is 0 Å². The summed E-state index contributed by atoms with van der Waals surface area (Å²) >= 11 is 6.20. The Balaban J connectivity index is 2.85. The summed E-state index contributed by atoms with van der Waals surface area (Å²) in [6.07, 6.45) is 3.34. The molecule has 0 heterocycles. The van der Waals surface area contributed by atoms with Crippen molar-refractivity contribution in [2.45, 2.75) is 13.8 Å². The number of rotatable bonds is 5. The van der Waals surface area contributed by atoms with E-state index < -0.39 is 0 Å². The average Bonchev–Trinajstić information content (AvgIpc) is 2.38. The first-order valence-electron chi connectivity index (χ1n) is 6.43. The molecule has 1 aromatic rings. The molecule has 1 amide bonds. The van der Waals surface area contributed by atoms with E-state index in [4.69, 9.17) is 11.6 Å². The number of carbonyl (C=O) groups is 1. The summed E-state index contributed by atoms with van der Waals surface area (Å²) in [6, 6.07) is 5.79. The zero-order chi connectivity index (χ0) is 14.4. The van der Waals surface area contributed by atoms with Gasteiger partial charge in [0.1, 0.15) is 0 Å². The minimum absolute atomic E-state index is 0.0118. The molecule has 19 heavy (non-hydrogen) atoms. The maximum absolute atomic E-state index is 11.9. The molecule has 0 aliphatic carbocycles. The number of halogens is 1. The van der Waals surface area contributed by atoms with Gasteiger partial charge in [-0.3, -0.25) is 4.79 Å². The minimum Gasteiger partial charge on any atom is -0.378 e. The van der Waals surface area contributed by atoms with Crippen molar-refractivity contribution in [1.29, 1.82) is 0 Å². The van der Waals surface area contributed by atoms with E-state index in [9.17, 15) is 4.79 Å². The first kappa shape index (κ1) is 15.6. The molecule has 4 heteroatoms. The van der Waals surface area contributed by atoms with Crippen LogP contribution in [0.5, 0.6) is 0 Å². The number of benzene rings is 1. The van der Waals surface area contributed by atoms with Crippen molar-refractivity contribution < 1.29 is 4.79 Å². The molecule has 0 aromatic heterocycles. The molecule has 0 spiro atoms. The summed E-state index contributed by atoms with van der Waals surface area (Å²) in [5.41, 5.74) is 1.89. The van der Waals surface area contributed by atoms with Crippen molar-refractivity contribution in [3.05, 3.63) is 34.9 Å². The molecule has 0 saturated carbocycles. The second-order valence-corrected chi connectivity index (χ2v) is 4.85. The third-order valence-electron chi connectivity index (χ3n) is 2.98. The third-order valence-corrected chi connectivity index (χ3v) is 3.31. The molecule has 0 unspecified atom stereocenters. The molecule has 0 saturated heterocycles. The first-order valence-corrected chi connectivity index (χ1v) is 6.81. The van der Waals surface area contributed by atoms with Crippen LogP contribution in [0.25, 0.3) is 6.08 Å². The number of hydrogen-bond acceptors (Lipinski definition) is 2. The summed E-state index contributed by atoms with van der Waals surface area (Å²) in [5.74, 6) is 0.0118. The molecule has 0 aliphatic rings. The molecule has 104 valence electrons. The minimum atomic E-state index is 0.0118. The van der Waals surface area contributed by atoms with Crippen LogP contribution in [0.15, 0.2) is 24.3 Å². The number of likely N-dealkylation sites (N-methyl/N-ethyl adjacent to an activating group) is 1. The normalized spacial score (nSPS) is 10.8. The van der Waals surface area contributed by atoms with Gasteiger partial charge in [0.05, 0.1) is 0 Å². The van der Waals surface area contributed by atoms with Gasteiger partial charge in [-0.25, -0.2) is 0 Å². The molecular weight excluding hydrogens is 260 g/mol. The maximum Gasteiger partial charge on any atom is 0.246 e. The van der Waals surface area contributed by atoms with Gasteiger partial charge < -0.3 is 9.80 Å². The second kappa shape index (κ2) is 7.19. The van der Waals surface area contributed by atoms with Crippen LogP contribution in [0.4, 0.5) is 5.69 Å². The highest BCUT2D eigenvalue weighted by Crippen LogP contribution is 2.23. The lowest BCUT2D eigenvalue weighted by Crippen LogP contribution is -2.28. The summed E-state index contributed by atoms with van der Waals surface area (Å²) in [6.45, 7) is 5.36. The van der Waals surface area contributed by atoms with Crippen molar-refractivity contribution in [2.75, 3.05) is 32.1 Å². The molecular formula is C15H21ClN2O. The van der Waals surface area contributed by atoms with Crippen molar-refractivity contribution in [3.63, 3.8) is 0 Å². The highest BCUT2D eigenvalue weighted by Gasteiger charge is 2.06. The predicted octanol–water partition coefficient (Wildman–Crippen LogP) is 3.29. The molecule has 0 bridgehead atoms. The van der Waals surface area contributed by atoms with E-state index in [1.807, 2.05) is 51.0 Å². The molecule has 0 N–H and O–H groups in total. The van der Waals surface area contributed by atoms with Crippen molar-refractivity contribution in [2.24, 2.45) is 0 Å². The van der Waals surface area contributed by atoms with Crippen LogP contribution in [0, 0.1) is 0 Å². The van der Waals surface area contributed by atoms with E-state index in [2.05, 4.69) is 0 Å². The van der Waals surface area contributed by atoms with E-state index >= 15 is 0 Å². The van der Waals surface area contributed by atoms with Crippen LogP contribution in [0.3, 0.4) is 0 Å². The van der Waals surface area contributed by atoms with Crippen molar-refractivity contribution in [3.8, 4) is 0 Å². The number of hydrogen-bond donors (Lipinski definition) is 0. The van der Waals surface area contributed by atoms with Gasteiger partial charge in [0.15, 0.2) is 0 Å². The van der Waals surface area contributed by atoms with Crippen LogP contribution < -0.4 is 4.90 Å². The molecule has 0 atom stereocenters. The molecule has 0 aliphatic heterocycles. The van der Waals surface area contributed by atoms with Gasteiger partial charge in [0, 0.05) is 44.0 Å². The zero-order valence-corrected chi connectivity index (χ0v) is 12.7. The van der Waals surface area contributed by atoms with Gasteiger partial charge in [0.2, 0.25) is 5.91 Å². The maximum atomic E-state index is 11.9. The largest absolute Gasteiger partial charge is 0.378 e. The summed E-state index contributed by atoms with van der Waals surface area (Å²) in [7, 11) is 3.93. The highest BCUT2D eigenvalue weighted by atomic mass is 35.5. The Morgan fingerprint density at radius 2 is 1.89 bits per heavy atom.